The van der Waals surface area contributed by atoms with Gasteiger partial charge in [-0.1, -0.05) is 30.6 Å². The van der Waals surface area contributed by atoms with Crippen LogP contribution in [0.3, 0.4) is 0 Å². The Labute approximate surface area is 103 Å². The molecule has 13 heavy (non-hydrogen) atoms. The molecule has 0 aliphatic heterocycles. The molecule has 0 radical (unpaired) electrons. The van der Waals surface area contributed by atoms with Crippen LogP contribution in [-0.4, -0.2) is 46.5 Å². The molecule has 1 unspecified atom stereocenters. The zero-order valence-electron chi connectivity index (χ0n) is 7.12. The minimum absolute atomic E-state index is 0. The van der Waals surface area contributed by atoms with Crippen LogP contribution in [0.25, 0.3) is 0 Å². The Kier molecular flexibility index (Phi) is 15.3. The molecule has 0 bridgehead atoms. The second kappa shape index (κ2) is 12.5. The van der Waals surface area contributed by atoms with Crippen LogP contribution in [-0.2, 0) is 20.2 Å². The third kappa shape index (κ3) is 12.5. The van der Waals surface area contributed by atoms with Crippen LogP contribution in [0.5, 0.6) is 0 Å². The Morgan fingerprint density at radius 1 is 1.38 bits per heavy atom. The van der Waals surface area contributed by atoms with Crippen LogP contribution in [0.2, 0.25) is 0 Å². The van der Waals surface area contributed by atoms with Crippen molar-refractivity contribution in [1.82, 2.24) is 0 Å². The van der Waals surface area contributed by atoms with Gasteiger partial charge in [-0.2, -0.15) is 0 Å². The predicted molar refractivity (Wildman–Crippen MR) is 53.5 cm³/mol. The zero-order valence-corrected chi connectivity index (χ0v) is 7.93. The minimum atomic E-state index is -1.82. The predicted octanol–water partition coefficient (Wildman–Crippen LogP) is 0.849. The molecule has 0 aromatic rings. The van der Waals surface area contributed by atoms with E-state index in [1.807, 2.05) is 0 Å². The van der Waals surface area contributed by atoms with Crippen molar-refractivity contribution in [1.29, 1.82) is 0 Å². The summed E-state index contributed by atoms with van der Waals surface area (Å²) in [5, 5.41) is 0. The molecule has 0 aromatic carbocycles. The topological polar surface area (TPSA) is 55.7 Å². The van der Waals surface area contributed by atoms with Crippen LogP contribution in [0, 0.1) is 0 Å². The van der Waals surface area contributed by atoms with Gasteiger partial charge in [0.1, 0.15) is 0 Å². The fraction of sp³-hybridized carbons (Fsp3) is 0.857. The third-order valence-corrected chi connectivity index (χ3v) is 1.89. The van der Waals surface area contributed by atoms with Gasteiger partial charge in [0.25, 0.3) is 17.3 Å². The van der Waals surface area contributed by atoms with E-state index >= 15 is 0 Å². The van der Waals surface area contributed by atoms with E-state index in [9.17, 15) is 9.00 Å². The number of rotatable bonds is 7. The Balaban J connectivity index is 0. The van der Waals surface area contributed by atoms with E-state index in [0.29, 0.717) is 6.61 Å². The average Bonchev–Trinajstić information content (AvgIpc) is 2.05. The molecule has 0 aliphatic rings. The Hall–Kier alpha value is 0.490. The molecule has 0 fully saturated rings. The van der Waals surface area contributed by atoms with E-state index in [2.05, 4.69) is 15.5 Å². The first-order valence-electron chi connectivity index (χ1n) is 3.94. The number of hydrogen-bond acceptors (Lipinski definition) is 3. The third-order valence-electron chi connectivity index (χ3n) is 1.29. The summed E-state index contributed by atoms with van der Waals surface area (Å²) in [6.45, 7) is 2.49. The Morgan fingerprint density at radius 3 is 2.62 bits per heavy atom. The first-order valence-corrected chi connectivity index (χ1v) is 4.97. The van der Waals surface area contributed by atoms with Crippen molar-refractivity contribution in [2.45, 2.75) is 32.6 Å². The molecule has 0 heterocycles. The summed E-state index contributed by atoms with van der Waals surface area (Å²) >= 11 is -1.82. The summed E-state index contributed by atoms with van der Waals surface area (Å²) in [7, 11) is 0. The molecule has 0 saturated carbocycles. The number of unbranched alkanes of at least 4 members (excludes halogenated alkanes) is 3. The van der Waals surface area contributed by atoms with Crippen molar-refractivity contribution < 1.29 is 13.2 Å². The number of isocyanates is 1. The number of nitrogens with zero attached hydrogens (tertiary/aromatic N) is 1. The van der Waals surface area contributed by atoms with E-state index in [4.69, 9.17) is 0 Å². The van der Waals surface area contributed by atoms with Gasteiger partial charge in [0, 0.05) is 0 Å². The van der Waals surface area contributed by atoms with Crippen molar-refractivity contribution in [3.05, 3.63) is 0 Å². The van der Waals surface area contributed by atoms with E-state index in [1.54, 1.807) is 0 Å². The monoisotopic (exact) mass is 215 g/mol. The van der Waals surface area contributed by atoms with Crippen LogP contribution in [0.4, 0.5) is 0 Å². The molecule has 0 saturated heterocycles. The second-order valence-corrected chi connectivity index (χ2v) is 3.13. The molecule has 0 aliphatic carbocycles. The van der Waals surface area contributed by atoms with Gasteiger partial charge in [0.05, 0.1) is 6.61 Å². The van der Waals surface area contributed by atoms with Crippen molar-refractivity contribution in [3.8, 4) is 0 Å². The van der Waals surface area contributed by atoms with Crippen LogP contribution in [0.15, 0.2) is 4.40 Å². The van der Waals surface area contributed by atoms with Gasteiger partial charge in [-0.15, -0.1) is 0 Å². The standard InChI is InChI=1S/C7H13NO3S.Na.H/c1-2-3-4-5-6-11-12(10)8-7-9;;/h2-6H2,1H3;;. The SMILES string of the molecule is CCCCCCOS(=O)N=C=O.[NaH]. The van der Waals surface area contributed by atoms with Crippen molar-refractivity contribution in [2.75, 3.05) is 6.61 Å². The molecular formula is C7H14NNaO3S. The molecule has 1 atom stereocenters. The van der Waals surface area contributed by atoms with Gasteiger partial charge in [-0.05, 0) is 6.42 Å². The molecule has 0 N–H and O–H groups in total. The number of carbonyl (C=O) groups excluding carboxylic acids is 1. The molecule has 0 aromatic heterocycles. The van der Waals surface area contributed by atoms with E-state index in [0.717, 1.165) is 25.7 Å². The maximum absolute atomic E-state index is 10.5. The van der Waals surface area contributed by atoms with Gasteiger partial charge in [-0.3, -0.25) is 4.18 Å². The molecular weight excluding hydrogens is 201 g/mol. The maximum atomic E-state index is 10.5. The zero-order chi connectivity index (χ0) is 9.23. The molecule has 6 heteroatoms. The van der Waals surface area contributed by atoms with E-state index in [-0.39, 0.29) is 29.6 Å². The summed E-state index contributed by atoms with van der Waals surface area (Å²) < 4.78 is 18.1. The molecule has 4 nitrogen and oxygen atoms in total. The fourth-order valence-electron chi connectivity index (χ4n) is 0.716. The van der Waals surface area contributed by atoms with Gasteiger partial charge < -0.3 is 0 Å². The summed E-state index contributed by atoms with van der Waals surface area (Å²) in [6, 6.07) is 0. The van der Waals surface area contributed by atoms with Gasteiger partial charge in [0.15, 0.2) is 0 Å². The second-order valence-electron chi connectivity index (χ2n) is 2.28. The summed E-state index contributed by atoms with van der Waals surface area (Å²) in [5.74, 6) is 0. The molecule has 0 spiro atoms. The summed E-state index contributed by atoms with van der Waals surface area (Å²) in [6.07, 6.45) is 5.37. The van der Waals surface area contributed by atoms with Gasteiger partial charge >= 0.3 is 29.6 Å². The fourth-order valence-corrected chi connectivity index (χ4v) is 1.09. The summed E-state index contributed by atoms with van der Waals surface area (Å²) in [5.41, 5.74) is 0. The Morgan fingerprint density at radius 2 is 2.08 bits per heavy atom. The molecule has 0 rings (SSSR count). The van der Waals surface area contributed by atoms with Gasteiger partial charge in [-0.25, -0.2) is 9.00 Å². The average molecular weight is 215 g/mol. The van der Waals surface area contributed by atoms with Gasteiger partial charge in [0.2, 0.25) is 0 Å². The van der Waals surface area contributed by atoms with E-state index in [1.165, 1.54) is 6.08 Å². The molecule has 72 valence electrons. The van der Waals surface area contributed by atoms with Crippen molar-refractivity contribution >= 4 is 46.9 Å². The van der Waals surface area contributed by atoms with Crippen LogP contribution < -0.4 is 0 Å². The number of hydrogen-bond donors (Lipinski definition) is 0. The Bertz CT molecular complexity index is 183. The van der Waals surface area contributed by atoms with E-state index < -0.39 is 11.3 Å². The van der Waals surface area contributed by atoms with Crippen molar-refractivity contribution in [2.24, 2.45) is 4.40 Å². The first-order chi connectivity index (χ1) is 5.81. The normalized spacial score (nSPS) is 11.2. The quantitative estimate of drug-likeness (QED) is 0.274. The van der Waals surface area contributed by atoms with Crippen LogP contribution in [0.1, 0.15) is 32.6 Å². The summed E-state index contributed by atoms with van der Waals surface area (Å²) in [4.78, 5) is 9.59. The molecule has 0 amide bonds. The van der Waals surface area contributed by atoms with Crippen LogP contribution >= 0.6 is 0 Å². The first kappa shape index (κ1) is 15.9. The van der Waals surface area contributed by atoms with Crippen molar-refractivity contribution in [3.63, 3.8) is 0 Å².